The van der Waals surface area contributed by atoms with Gasteiger partial charge in [0, 0.05) is 18.6 Å². The Labute approximate surface area is 238 Å². The molecule has 2 aliphatic rings. The molecule has 2 heterocycles. The molecule has 3 nitrogen and oxygen atoms in total. The Morgan fingerprint density at radius 1 is 0.676 bits per heavy atom. The predicted octanol–water partition coefficient (Wildman–Crippen LogP) is 3.93. The summed E-state index contributed by atoms with van der Waals surface area (Å²) in [4.78, 5) is 0. The molecule has 2 aliphatic heterocycles. The SMILES string of the molecule is ClCC1CO1.FC(F)(F)C(F)(CCS)C(F)(F)F.FC(F)(F)C(F)(CCSCC1CO1)C(F)(F)F.[Na+].[OH-]. The first-order chi connectivity index (χ1) is 15.6. The topological polar surface area (TPSA) is 55.1 Å². The van der Waals surface area contributed by atoms with E-state index in [4.69, 9.17) is 21.1 Å². The van der Waals surface area contributed by atoms with E-state index in [0.717, 1.165) is 18.4 Å². The van der Waals surface area contributed by atoms with Crippen LogP contribution < -0.4 is 29.6 Å². The first kappa shape index (κ1) is 42.4. The second kappa shape index (κ2) is 16.4. The average molecular weight is 649 g/mol. The fourth-order valence-corrected chi connectivity index (χ4v) is 3.33. The third-order valence-electron chi connectivity index (χ3n) is 4.13. The van der Waals surface area contributed by atoms with Crippen LogP contribution in [0.2, 0.25) is 0 Å². The smallest absolute Gasteiger partial charge is 0.870 e. The minimum absolute atomic E-state index is 0. The van der Waals surface area contributed by atoms with Gasteiger partial charge in [0.15, 0.2) is 0 Å². The number of hydrogen-bond acceptors (Lipinski definition) is 5. The minimum atomic E-state index is -5.95. The molecule has 0 aromatic rings. The Kier molecular flexibility index (Phi) is 18.7. The maximum absolute atomic E-state index is 13.1. The van der Waals surface area contributed by atoms with Gasteiger partial charge in [-0.15, -0.1) is 11.6 Å². The van der Waals surface area contributed by atoms with Gasteiger partial charge in [0.2, 0.25) is 0 Å². The second-order valence-electron chi connectivity index (χ2n) is 6.96. The first-order valence-corrected chi connectivity index (χ1v) is 11.5. The summed E-state index contributed by atoms with van der Waals surface area (Å²) in [6.07, 6.45) is -26.9. The van der Waals surface area contributed by atoms with Gasteiger partial charge in [0.05, 0.1) is 31.3 Å². The molecule has 0 bridgehead atoms. The summed E-state index contributed by atoms with van der Waals surface area (Å²) >= 11 is 9.23. The summed E-state index contributed by atoms with van der Waals surface area (Å²) in [6, 6.07) is 0. The molecule has 0 aromatic carbocycles. The van der Waals surface area contributed by atoms with E-state index in [-0.39, 0.29) is 46.9 Å². The Morgan fingerprint density at radius 2 is 1.00 bits per heavy atom. The van der Waals surface area contributed by atoms with Crippen LogP contribution in [0.4, 0.5) is 61.5 Å². The molecule has 220 valence electrons. The van der Waals surface area contributed by atoms with Crippen molar-refractivity contribution < 1.29 is 106 Å². The summed E-state index contributed by atoms with van der Waals surface area (Å²) in [5.41, 5.74) is -10.3. The second-order valence-corrected chi connectivity index (χ2v) is 8.86. The molecule has 0 aliphatic carbocycles. The number of ether oxygens (including phenoxy) is 2. The Balaban J connectivity index is -0.000000512. The van der Waals surface area contributed by atoms with Crippen LogP contribution in [-0.2, 0) is 9.47 Å². The van der Waals surface area contributed by atoms with Gasteiger partial charge in [-0.2, -0.15) is 77.1 Å². The van der Waals surface area contributed by atoms with Crippen LogP contribution in [0.25, 0.3) is 0 Å². The van der Waals surface area contributed by atoms with Gasteiger partial charge in [-0.3, -0.25) is 0 Å². The molecule has 2 atom stereocenters. The molecule has 2 saturated heterocycles. The number of thioether (sulfide) groups is 1. The van der Waals surface area contributed by atoms with Crippen LogP contribution in [0.1, 0.15) is 12.8 Å². The molecule has 0 saturated carbocycles. The van der Waals surface area contributed by atoms with E-state index in [1.54, 1.807) is 0 Å². The Bertz CT molecular complexity index is 598. The van der Waals surface area contributed by atoms with Gasteiger partial charge < -0.3 is 14.9 Å². The first-order valence-electron chi connectivity index (χ1n) is 9.20. The quantitative estimate of drug-likeness (QED) is 0.108. The molecule has 0 radical (unpaired) electrons. The number of epoxide rings is 2. The zero-order valence-electron chi connectivity index (χ0n) is 18.6. The van der Waals surface area contributed by atoms with Crippen LogP contribution in [-0.4, -0.2) is 90.1 Å². The monoisotopic (exact) mass is 648 g/mol. The van der Waals surface area contributed by atoms with Crippen molar-refractivity contribution in [2.45, 2.75) is 61.1 Å². The fraction of sp³-hybridized carbons (Fsp3) is 1.00. The number of hydrogen-bond donors (Lipinski definition) is 1. The van der Waals surface area contributed by atoms with Crippen LogP contribution in [0.5, 0.6) is 0 Å². The number of rotatable bonds is 8. The van der Waals surface area contributed by atoms with Crippen molar-refractivity contribution in [1.82, 2.24) is 0 Å². The molecule has 37 heavy (non-hydrogen) atoms. The maximum Gasteiger partial charge on any atom is 1.00 e. The van der Waals surface area contributed by atoms with Gasteiger partial charge >= 0.3 is 54.3 Å². The van der Waals surface area contributed by atoms with E-state index >= 15 is 0 Å². The number of thiol groups is 1. The summed E-state index contributed by atoms with van der Waals surface area (Å²) in [5, 5.41) is 0. The van der Waals surface area contributed by atoms with Crippen molar-refractivity contribution in [1.29, 1.82) is 0 Å². The fourth-order valence-electron chi connectivity index (χ4n) is 1.79. The van der Waals surface area contributed by atoms with Crippen molar-refractivity contribution in [2.24, 2.45) is 0 Å². The summed E-state index contributed by atoms with van der Waals surface area (Å²) < 4.78 is 177. The van der Waals surface area contributed by atoms with Crippen molar-refractivity contribution in [3.63, 3.8) is 0 Å². The summed E-state index contributed by atoms with van der Waals surface area (Å²) in [6.45, 7) is 1.33. The predicted molar refractivity (Wildman–Crippen MR) is 104 cm³/mol. The van der Waals surface area contributed by atoms with E-state index in [9.17, 15) is 61.5 Å². The molecule has 0 spiro atoms. The molecule has 0 aromatic heterocycles. The summed E-state index contributed by atoms with van der Waals surface area (Å²) in [7, 11) is 0. The zero-order valence-corrected chi connectivity index (χ0v) is 23.1. The number of halogens is 15. The van der Waals surface area contributed by atoms with Crippen LogP contribution in [0.15, 0.2) is 0 Å². The van der Waals surface area contributed by atoms with Crippen molar-refractivity contribution >= 4 is 36.0 Å². The van der Waals surface area contributed by atoms with E-state index in [1.165, 1.54) is 0 Å². The van der Waals surface area contributed by atoms with Crippen LogP contribution in [0.3, 0.4) is 0 Å². The largest absolute Gasteiger partial charge is 1.00 e. The molecule has 0 amide bonds. The van der Waals surface area contributed by atoms with E-state index < -0.39 is 60.4 Å². The van der Waals surface area contributed by atoms with Gasteiger partial charge in [0.1, 0.15) is 0 Å². The van der Waals surface area contributed by atoms with Crippen LogP contribution >= 0.6 is 36.0 Å². The normalized spacial score (nSPS) is 19.8. The summed E-state index contributed by atoms with van der Waals surface area (Å²) in [5.74, 6) is -0.448. The van der Waals surface area contributed by atoms with Crippen molar-refractivity contribution in [3.05, 3.63) is 0 Å². The van der Waals surface area contributed by atoms with Crippen molar-refractivity contribution in [3.8, 4) is 0 Å². The van der Waals surface area contributed by atoms with E-state index in [1.807, 2.05) is 0 Å². The molecular weight excluding hydrogens is 629 g/mol. The standard InChI is InChI=1S/C8H9F7OS.C5H5F7S.C3H5ClO.Na.H2O/c9-6(7(10,11)12,8(13,14)15)1-2-17-4-5-3-16-5;6-3(1-2-13,4(7,8)9)5(10,11)12;4-1-3-2-5-3;;/h5H,1-4H2;13H,1-2H2;3H,1-2H2;;1H2/q;;;+1;/p-1. The van der Waals surface area contributed by atoms with Gasteiger partial charge in [-0.25, -0.2) is 8.78 Å². The van der Waals surface area contributed by atoms with Crippen LogP contribution in [0, 0.1) is 0 Å². The molecule has 21 heteroatoms. The third-order valence-corrected chi connectivity index (χ3v) is 5.79. The molecule has 2 fully saturated rings. The van der Waals surface area contributed by atoms with Crippen molar-refractivity contribution in [2.75, 3.05) is 36.4 Å². The van der Waals surface area contributed by atoms with E-state index in [0.29, 0.717) is 18.6 Å². The third kappa shape index (κ3) is 13.9. The molecule has 2 unspecified atom stereocenters. The Morgan fingerprint density at radius 3 is 1.19 bits per heavy atom. The molecule has 1 N–H and O–H groups in total. The maximum atomic E-state index is 13.1. The average Bonchev–Trinajstić information content (AvgIpc) is 3.57. The molecule has 2 rings (SSSR count). The van der Waals surface area contributed by atoms with Gasteiger partial charge in [-0.1, -0.05) is 0 Å². The Hall–Kier alpha value is 0.890. The zero-order chi connectivity index (χ0) is 27.9. The van der Waals surface area contributed by atoms with E-state index in [2.05, 4.69) is 12.6 Å². The number of alkyl halides is 15. The minimum Gasteiger partial charge on any atom is -0.870 e. The molecular formula is C16H20ClF14NaO3S2. The van der Waals surface area contributed by atoms with Gasteiger partial charge in [-0.05, 0) is 11.5 Å². The van der Waals surface area contributed by atoms with Gasteiger partial charge in [0.25, 0.3) is 11.3 Å².